The summed E-state index contributed by atoms with van der Waals surface area (Å²) in [6.07, 6.45) is 5.05. The second-order valence-electron chi connectivity index (χ2n) is 8.95. The number of methoxy groups -OCH3 is 1. The Hall–Kier alpha value is -2.42. The van der Waals surface area contributed by atoms with Crippen LogP contribution in [0.25, 0.3) is 11.4 Å². The molecule has 1 saturated carbocycles. The van der Waals surface area contributed by atoms with E-state index in [0.717, 1.165) is 48.6 Å². The molecule has 1 aliphatic carbocycles. The van der Waals surface area contributed by atoms with Crippen LogP contribution >= 0.6 is 0 Å². The highest BCUT2D eigenvalue weighted by Gasteiger charge is 2.42. The molecule has 166 valence electrons. The van der Waals surface area contributed by atoms with Gasteiger partial charge in [0.25, 0.3) is 0 Å². The second-order valence-corrected chi connectivity index (χ2v) is 11.2. The van der Waals surface area contributed by atoms with Gasteiger partial charge in [0, 0.05) is 12.0 Å². The molecular formula is C22H28N4O4S. The summed E-state index contributed by atoms with van der Waals surface area (Å²) < 4.78 is 31.1. The van der Waals surface area contributed by atoms with E-state index < -0.39 is 9.84 Å². The van der Waals surface area contributed by atoms with Gasteiger partial charge in [-0.25, -0.2) is 8.42 Å². The van der Waals surface area contributed by atoms with Crippen LogP contribution in [0.15, 0.2) is 24.3 Å². The van der Waals surface area contributed by atoms with Crippen LogP contribution in [0.2, 0.25) is 0 Å². The highest BCUT2D eigenvalue weighted by molar-refractivity contribution is 7.91. The summed E-state index contributed by atoms with van der Waals surface area (Å²) in [5.41, 5.74) is 0.986. The van der Waals surface area contributed by atoms with Gasteiger partial charge in [-0.3, -0.25) is 4.79 Å². The van der Waals surface area contributed by atoms with E-state index in [0.29, 0.717) is 19.4 Å². The maximum absolute atomic E-state index is 13.2. The summed E-state index contributed by atoms with van der Waals surface area (Å²) in [7, 11) is -1.34. The van der Waals surface area contributed by atoms with Gasteiger partial charge in [0.1, 0.15) is 5.75 Å². The van der Waals surface area contributed by atoms with Crippen LogP contribution in [0.1, 0.15) is 50.4 Å². The number of carbonyl (C=O) groups is 1. The zero-order valence-corrected chi connectivity index (χ0v) is 18.6. The highest BCUT2D eigenvalue weighted by atomic mass is 32.2. The molecule has 2 aromatic rings. The molecule has 0 unspecified atom stereocenters. The molecule has 1 aromatic heterocycles. The number of fused-ring (bicyclic) bond motifs is 3. The maximum atomic E-state index is 13.2. The van der Waals surface area contributed by atoms with E-state index in [4.69, 9.17) is 4.74 Å². The quantitative estimate of drug-likeness (QED) is 0.720. The Labute approximate surface area is 182 Å². The van der Waals surface area contributed by atoms with E-state index in [1.54, 1.807) is 7.11 Å². The maximum Gasteiger partial charge on any atom is 0.223 e. The molecular weight excluding hydrogens is 416 g/mol. The van der Waals surface area contributed by atoms with Crippen molar-refractivity contribution in [1.82, 2.24) is 19.7 Å². The number of nitrogens with zero attached hydrogens (tertiary/aromatic N) is 4. The molecule has 0 bridgehead atoms. The molecule has 0 radical (unpaired) electrons. The third-order valence-corrected chi connectivity index (χ3v) is 8.80. The molecule has 9 heteroatoms. The number of amides is 1. The van der Waals surface area contributed by atoms with Crippen LogP contribution in [0.3, 0.4) is 0 Å². The molecule has 2 fully saturated rings. The Morgan fingerprint density at radius 3 is 2.52 bits per heavy atom. The van der Waals surface area contributed by atoms with Gasteiger partial charge < -0.3 is 14.2 Å². The Kier molecular flexibility index (Phi) is 5.24. The summed E-state index contributed by atoms with van der Waals surface area (Å²) in [4.78, 5) is 15.2. The third kappa shape index (κ3) is 3.84. The molecule has 5 rings (SSSR count). The molecule has 2 aliphatic heterocycles. The van der Waals surface area contributed by atoms with Gasteiger partial charge in [0.2, 0.25) is 5.91 Å². The minimum absolute atomic E-state index is 0.0549. The van der Waals surface area contributed by atoms with E-state index in [1.807, 2.05) is 29.2 Å². The van der Waals surface area contributed by atoms with Crippen LogP contribution in [0.4, 0.5) is 0 Å². The van der Waals surface area contributed by atoms with Gasteiger partial charge in [-0.1, -0.05) is 12.8 Å². The smallest absolute Gasteiger partial charge is 0.223 e. The molecule has 0 spiro atoms. The van der Waals surface area contributed by atoms with Crippen molar-refractivity contribution in [1.29, 1.82) is 0 Å². The van der Waals surface area contributed by atoms with E-state index in [2.05, 4.69) is 14.8 Å². The number of hydrogen-bond acceptors (Lipinski definition) is 6. The van der Waals surface area contributed by atoms with Crippen LogP contribution in [-0.4, -0.2) is 58.6 Å². The Balaban J connectivity index is 1.42. The van der Waals surface area contributed by atoms with E-state index in [1.165, 1.54) is 0 Å². The van der Waals surface area contributed by atoms with Crippen molar-refractivity contribution < 1.29 is 17.9 Å². The normalized spacial score (nSPS) is 26.9. The topological polar surface area (TPSA) is 94.4 Å². The zero-order chi connectivity index (χ0) is 21.6. The summed E-state index contributed by atoms with van der Waals surface area (Å²) in [6, 6.07) is 8.09. The number of carbonyl (C=O) groups excluding carboxylic acids is 1. The number of benzene rings is 1. The van der Waals surface area contributed by atoms with Gasteiger partial charge in [-0.05, 0) is 49.4 Å². The molecule has 3 atom stereocenters. The van der Waals surface area contributed by atoms with Crippen molar-refractivity contribution >= 4 is 15.7 Å². The first-order valence-electron chi connectivity index (χ1n) is 11.0. The molecule has 31 heavy (non-hydrogen) atoms. The first kappa shape index (κ1) is 20.5. The van der Waals surface area contributed by atoms with Gasteiger partial charge in [-0.2, -0.15) is 0 Å². The molecule has 8 nitrogen and oxygen atoms in total. The average molecular weight is 445 g/mol. The van der Waals surface area contributed by atoms with E-state index in [-0.39, 0.29) is 35.4 Å². The van der Waals surface area contributed by atoms with Crippen molar-refractivity contribution in [3.63, 3.8) is 0 Å². The van der Waals surface area contributed by atoms with Crippen LogP contribution < -0.4 is 4.74 Å². The first-order valence-corrected chi connectivity index (χ1v) is 12.9. The zero-order valence-electron chi connectivity index (χ0n) is 17.7. The van der Waals surface area contributed by atoms with Crippen LogP contribution in [0.5, 0.6) is 5.75 Å². The number of rotatable bonds is 4. The van der Waals surface area contributed by atoms with Crippen molar-refractivity contribution in [2.75, 3.05) is 18.6 Å². The number of hydrogen-bond donors (Lipinski definition) is 0. The summed E-state index contributed by atoms with van der Waals surface area (Å²) in [5.74, 6) is 2.77. The summed E-state index contributed by atoms with van der Waals surface area (Å²) >= 11 is 0. The van der Waals surface area contributed by atoms with Gasteiger partial charge in [0.05, 0.1) is 37.2 Å². The standard InChI is InChI=1S/C22H28N4O4S/c1-30-17-8-6-16(7-9-17)22-24-23-20-13-25(18-4-2-3-5-19(18)26(20)22)21(27)12-15-10-11-31(28,29)14-15/h6-9,15,18-19H,2-5,10-14H2,1H3/t15-,18-,19+/m0/s1. The Morgan fingerprint density at radius 1 is 1.10 bits per heavy atom. The third-order valence-electron chi connectivity index (χ3n) is 6.96. The number of sulfone groups is 1. The summed E-state index contributed by atoms with van der Waals surface area (Å²) in [6.45, 7) is 0.433. The van der Waals surface area contributed by atoms with Crippen molar-refractivity contribution in [3.8, 4) is 17.1 Å². The highest BCUT2D eigenvalue weighted by Crippen LogP contribution is 2.40. The molecule has 3 heterocycles. The molecule has 1 saturated heterocycles. The average Bonchev–Trinajstić information content (AvgIpc) is 3.36. The Bertz CT molecular complexity index is 1080. The van der Waals surface area contributed by atoms with Crippen LogP contribution in [-0.2, 0) is 21.2 Å². The number of aromatic nitrogens is 3. The minimum Gasteiger partial charge on any atom is -0.497 e. The van der Waals surface area contributed by atoms with E-state index >= 15 is 0 Å². The molecule has 0 N–H and O–H groups in total. The molecule has 1 aromatic carbocycles. The fourth-order valence-corrected chi connectivity index (χ4v) is 7.28. The fraction of sp³-hybridized carbons (Fsp3) is 0.591. The lowest BCUT2D eigenvalue weighted by molar-refractivity contribution is -0.138. The lowest BCUT2D eigenvalue weighted by Gasteiger charge is -2.45. The predicted octanol–water partition coefficient (Wildman–Crippen LogP) is 2.60. The minimum atomic E-state index is -2.98. The lowest BCUT2D eigenvalue weighted by Crippen LogP contribution is -2.51. The monoisotopic (exact) mass is 444 g/mol. The van der Waals surface area contributed by atoms with Gasteiger partial charge >= 0.3 is 0 Å². The largest absolute Gasteiger partial charge is 0.497 e. The predicted molar refractivity (Wildman–Crippen MR) is 115 cm³/mol. The van der Waals surface area contributed by atoms with Crippen molar-refractivity contribution in [2.45, 2.75) is 57.2 Å². The van der Waals surface area contributed by atoms with Crippen LogP contribution in [0, 0.1) is 5.92 Å². The first-order chi connectivity index (χ1) is 14.9. The molecule has 3 aliphatic rings. The van der Waals surface area contributed by atoms with Crippen molar-refractivity contribution in [2.24, 2.45) is 5.92 Å². The lowest BCUT2D eigenvalue weighted by atomic mass is 9.86. The Morgan fingerprint density at radius 2 is 1.84 bits per heavy atom. The number of ether oxygens (including phenoxy) is 1. The van der Waals surface area contributed by atoms with Gasteiger partial charge in [0.15, 0.2) is 21.5 Å². The summed E-state index contributed by atoms with van der Waals surface area (Å²) in [5, 5.41) is 8.93. The molecule has 1 amide bonds. The van der Waals surface area contributed by atoms with Gasteiger partial charge in [-0.15, -0.1) is 10.2 Å². The SMILES string of the molecule is COc1ccc(-c2nnc3n2[C@@H]2CCCC[C@@H]2N(C(=O)C[C@@H]2CCS(=O)(=O)C2)C3)cc1. The fourth-order valence-electron chi connectivity index (χ4n) is 5.41. The van der Waals surface area contributed by atoms with E-state index in [9.17, 15) is 13.2 Å². The second kappa shape index (κ2) is 7.93. The van der Waals surface area contributed by atoms with Crippen molar-refractivity contribution in [3.05, 3.63) is 30.1 Å².